The van der Waals surface area contributed by atoms with Crippen LogP contribution in [0.1, 0.15) is 11.1 Å². The highest BCUT2D eigenvalue weighted by Crippen LogP contribution is 2.33. The number of benzene rings is 1. The number of aryl methyl sites for hydroxylation is 2. The number of likely N-dealkylation sites (N-methyl/N-ethyl adjacent to an activating group) is 1. The van der Waals surface area contributed by atoms with Gasteiger partial charge in [0.05, 0.1) is 23.4 Å². The molecule has 100 valence electrons. The van der Waals surface area contributed by atoms with Gasteiger partial charge in [-0.1, -0.05) is 17.7 Å². The Morgan fingerprint density at radius 2 is 2.06 bits per heavy atom. The molecule has 4 heteroatoms. The molecule has 1 atom stereocenters. The summed E-state index contributed by atoms with van der Waals surface area (Å²) in [5.41, 5.74) is 3.44. The fourth-order valence-electron chi connectivity index (χ4n) is 2.73. The molecule has 1 aliphatic heterocycles. The fourth-order valence-corrected chi connectivity index (χ4v) is 3.16. The number of nitrogens with zero attached hydrogens (tertiary/aromatic N) is 2. The molecule has 0 spiro atoms. The first-order valence-electron chi connectivity index (χ1n) is 6.35. The molecule has 0 radical (unpaired) electrons. The Kier molecular flexibility index (Phi) is 4.15. The molecule has 1 N–H and O–H groups in total. The van der Waals surface area contributed by atoms with Crippen molar-refractivity contribution in [3.05, 3.63) is 28.3 Å². The summed E-state index contributed by atoms with van der Waals surface area (Å²) < 4.78 is 0. The summed E-state index contributed by atoms with van der Waals surface area (Å²) in [5.74, 6) is 0. The highest BCUT2D eigenvalue weighted by molar-refractivity contribution is 6.33. The number of anilines is 1. The molecule has 18 heavy (non-hydrogen) atoms. The van der Waals surface area contributed by atoms with Crippen LogP contribution in [0.4, 0.5) is 5.69 Å². The van der Waals surface area contributed by atoms with Crippen LogP contribution >= 0.6 is 11.6 Å². The van der Waals surface area contributed by atoms with Gasteiger partial charge in [-0.2, -0.15) is 0 Å². The summed E-state index contributed by atoms with van der Waals surface area (Å²) in [7, 11) is 2.09. The van der Waals surface area contributed by atoms with Gasteiger partial charge in [0.25, 0.3) is 0 Å². The fraction of sp³-hybridized carbons (Fsp3) is 0.571. The van der Waals surface area contributed by atoms with E-state index >= 15 is 0 Å². The van der Waals surface area contributed by atoms with Gasteiger partial charge in [0.2, 0.25) is 0 Å². The number of halogens is 1. The van der Waals surface area contributed by atoms with Crippen molar-refractivity contribution < 1.29 is 5.11 Å². The zero-order chi connectivity index (χ0) is 13.3. The van der Waals surface area contributed by atoms with Crippen molar-refractivity contribution in [1.29, 1.82) is 0 Å². The molecule has 1 aromatic carbocycles. The average molecular weight is 269 g/mol. The lowest BCUT2D eigenvalue weighted by molar-refractivity contribution is 0.191. The first-order chi connectivity index (χ1) is 8.52. The van der Waals surface area contributed by atoms with Crippen LogP contribution in [-0.2, 0) is 0 Å². The highest BCUT2D eigenvalue weighted by Gasteiger charge is 2.27. The molecule has 1 unspecified atom stereocenters. The zero-order valence-corrected chi connectivity index (χ0v) is 12.0. The molecule has 1 heterocycles. The third-order valence-electron chi connectivity index (χ3n) is 3.58. The lowest BCUT2D eigenvalue weighted by Gasteiger charge is -2.41. The van der Waals surface area contributed by atoms with Crippen molar-refractivity contribution in [2.24, 2.45) is 0 Å². The van der Waals surface area contributed by atoms with Gasteiger partial charge in [0, 0.05) is 19.6 Å². The topological polar surface area (TPSA) is 26.7 Å². The van der Waals surface area contributed by atoms with E-state index in [0.29, 0.717) is 0 Å². The van der Waals surface area contributed by atoms with E-state index in [-0.39, 0.29) is 12.6 Å². The zero-order valence-electron chi connectivity index (χ0n) is 11.3. The lowest BCUT2D eigenvalue weighted by atomic mass is 10.1. The monoisotopic (exact) mass is 268 g/mol. The van der Waals surface area contributed by atoms with E-state index in [9.17, 15) is 5.11 Å². The summed E-state index contributed by atoms with van der Waals surface area (Å²) in [6.07, 6.45) is 0. The third kappa shape index (κ3) is 2.63. The Hall–Kier alpha value is -0.770. The van der Waals surface area contributed by atoms with Gasteiger partial charge in [-0.3, -0.25) is 0 Å². The Balaban J connectivity index is 2.35. The molecule has 3 nitrogen and oxygen atoms in total. The Morgan fingerprint density at radius 1 is 1.33 bits per heavy atom. The van der Waals surface area contributed by atoms with Crippen molar-refractivity contribution in [2.45, 2.75) is 19.9 Å². The SMILES string of the molecule is Cc1cc(C)c(N2CCN(C)CC2CO)c(Cl)c1. The van der Waals surface area contributed by atoms with Crippen LogP contribution in [0.2, 0.25) is 5.02 Å². The minimum absolute atomic E-state index is 0.127. The molecule has 1 saturated heterocycles. The number of hydrogen-bond donors (Lipinski definition) is 1. The molecule has 1 fully saturated rings. The molecule has 0 bridgehead atoms. The highest BCUT2D eigenvalue weighted by atomic mass is 35.5. The summed E-state index contributed by atoms with van der Waals surface area (Å²) in [5, 5.41) is 10.4. The third-order valence-corrected chi connectivity index (χ3v) is 3.87. The number of piperazine rings is 1. The second-order valence-electron chi connectivity index (χ2n) is 5.20. The van der Waals surface area contributed by atoms with Gasteiger partial charge in [-0.15, -0.1) is 0 Å². The molecule has 2 rings (SSSR count). The van der Waals surface area contributed by atoms with Gasteiger partial charge in [-0.25, -0.2) is 0 Å². The molecular weight excluding hydrogens is 248 g/mol. The molecule has 0 aliphatic carbocycles. The van der Waals surface area contributed by atoms with Gasteiger partial charge in [-0.05, 0) is 38.1 Å². The van der Waals surface area contributed by atoms with E-state index in [1.165, 1.54) is 11.1 Å². The van der Waals surface area contributed by atoms with Crippen LogP contribution in [0, 0.1) is 13.8 Å². The molecule has 0 amide bonds. The maximum atomic E-state index is 9.57. The van der Waals surface area contributed by atoms with E-state index in [1.807, 2.05) is 6.07 Å². The normalized spacial score (nSPS) is 21.4. The Labute approximate surface area is 114 Å². The van der Waals surface area contributed by atoms with Crippen molar-refractivity contribution in [2.75, 3.05) is 38.2 Å². The van der Waals surface area contributed by atoms with Crippen LogP contribution in [0.5, 0.6) is 0 Å². The largest absolute Gasteiger partial charge is 0.394 e. The molecule has 1 aliphatic rings. The smallest absolute Gasteiger partial charge is 0.0649 e. The van der Waals surface area contributed by atoms with Crippen LogP contribution in [0.15, 0.2) is 12.1 Å². The predicted octanol–water partition coefficient (Wildman–Crippen LogP) is 2.07. The van der Waals surface area contributed by atoms with Crippen molar-refractivity contribution >= 4 is 17.3 Å². The molecular formula is C14H21ClN2O. The second kappa shape index (κ2) is 5.47. The predicted molar refractivity (Wildman–Crippen MR) is 76.6 cm³/mol. The van der Waals surface area contributed by atoms with Crippen molar-refractivity contribution in [1.82, 2.24) is 4.90 Å². The Bertz CT molecular complexity index is 413. The minimum atomic E-state index is 0.127. The van der Waals surface area contributed by atoms with E-state index in [2.05, 4.69) is 36.8 Å². The van der Waals surface area contributed by atoms with Crippen LogP contribution in [-0.4, -0.2) is 49.3 Å². The van der Waals surface area contributed by atoms with Crippen LogP contribution in [0.3, 0.4) is 0 Å². The van der Waals surface area contributed by atoms with Crippen molar-refractivity contribution in [3.63, 3.8) is 0 Å². The van der Waals surface area contributed by atoms with E-state index in [1.54, 1.807) is 0 Å². The van der Waals surface area contributed by atoms with Gasteiger partial charge < -0.3 is 14.9 Å². The number of aliphatic hydroxyl groups excluding tert-OH is 1. The molecule has 1 aromatic rings. The second-order valence-corrected chi connectivity index (χ2v) is 5.61. The summed E-state index contributed by atoms with van der Waals surface area (Å²) in [4.78, 5) is 4.49. The first-order valence-corrected chi connectivity index (χ1v) is 6.73. The van der Waals surface area contributed by atoms with Gasteiger partial charge in [0.1, 0.15) is 0 Å². The maximum Gasteiger partial charge on any atom is 0.0649 e. The quantitative estimate of drug-likeness (QED) is 0.890. The maximum absolute atomic E-state index is 9.57. The van der Waals surface area contributed by atoms with Crippen LogP contribution < -0.4 is 4.90 Å². The van der Waals surface area contributed by atoms with E-state index in [4.69, 9.17) is 11.6 Å². The van der Waals surface area contributed by atoms with E-state index in [0.717, 1.165) is 30.3 Å². The standard InChI is InChI=1S/C14H21ClN2O/c1-10-6-11(2)14(13(15)7-10)17-5-4-16(3)8-12(17)9-18/h6-7,12,18H,4-5,8-9H2,1-3H3. The summed E-state index contributed by atoms with van der Waals surface area (Å²) >= 11 is 6.39. The first kappa shape index (κ1) is 13.7. The Morgan fingerprint density at radius 3 is 2.67 bits per heavy atom. The lowest BCUT2D eigenvalue weighted by Crippen LogP contribution is -2.54. The average Bonchev–Trinajstić information content (AvgIpc) is 2.29. The van der Waals surface area contributed by atoms with Gasteiger partial charge in [0.15, 0.2) is 0 Å². The van der Waals surface area contributed by atoms with Crippen LogP contribution in [0.25, 0.3) is 0 Å². The summed E-state index contributed by atoms with van der Waals surface area (Å²) in [6, 6.07) is 4.27. The van der Waals surface area contributed by atoms with Crippen molar-refractivity contribution in [3.8, 4) is 0 Å². The number of rotatable bonds is 2. The van der Waals surface area contributed by atoms with Gasteiger partial charge >= 0.3 is 0 Å². The number of hydrogen-bond acceptors (Lipinski definition) is 3. The molecule has 0 aromatic heterocycles. The van der Waals surface area contributed by atoms with E-state index < -0.39 is 0 Å². The molecule has 0 saturated carbocycles. The minimum Gasteiger partial charge on any atom is -0.394 e. The number of aliphatic hydroxyl groups is 1. The summed E-state index contributed by atoms with van der Waals surface area (Å²) in [6.45, 7) is 7.08.